The fraction of sp³-hybridized carbons (Fsp3) is 0.355. The SMILES string of the molecule is CC1=CC(C(=O)NC2CCC(c3cnc(N)[nH]3)CC2)n2c(=O)n(CC(c3ccccc3)c3ccccc3)c(=O)n2C1. The van der Waals surface area contributed by atoms with E-state index in [1.54, 1.807) is 12.3 Å². The minimum Gasteiger partial charge on any atom is -0.369 e. The summed E-state index contributed by atoms with van der Waals surface area (Å²) >= 11 is 0. The van der Waals surface area contributed by atoms with E-state index >= 15 is 0 Å². The molecule has 10 nitrogen and oxygen atoms in total. The summed E-state index contributed by atoms with van der Waals surface area (Å²) in [6.45, 7) is 2.33. The molecule has 2 aromatic carbocycles. The Kier molecular flexibility index (Phi) is 7.21. The van der Waals surface area contributed by atoms with Crippen LogP contribution < -0.4 is 22.4 Å². The van der Waals surface area contributed by atoms with E-state index in [0.717, 1.165) is 48.1 Å². The molecule has 1 atom stereocenters. The molecule has 3 heterocycles. The lowest BCUT2D eigenvalue weighted by molar-refractivity contribution is -0.124. The van der Waals surface area contributed by atoms with Crippen molar-refractivity contribution in [3.63, 3.8) is 0 Å². The number of rotatable bonds is 7. The van der Waals surface area contributed by atoms with E-state index in [1.165, 1.54) is 13.9 Å². The van der Waals surface area contributed by atoms with Gasteiger partial charge in [-0.05, 0) is 49.8 Å². The normalized spacial score (nSPS) is 20.4. The van der Waals surface area contributed by atoms with E-state index in [2.05, 4.69) is 15.3 Å². The Labute approximate surface area is 237 Å². The van der Waals surface area contributed by atoms with Gasteiger partial charge in [0.1, 0.15) is 0 Å². The van der Waals surface area contributed by atoms with E-state index < -0.39 is 17.4 Å². The summed E-state index contributed by atoms with van der Waals surface area (Å²) in [6.07, 6.45) is 6.99. The number of nitrogens with zero attached hydrogens (tertiary/aromatic N) is 4. The van der Waals surface area contributed by atoms with Crippen LogP contribution in [-0.4, -0.2) is 35.8 Å². The van der Waals surface area contributed by atoms with Crippen LogP contribution in [0.2, 0.25) is 0 Å². The number of nitrogens with two attached hydrogens (primary N) is 1. The largest absolute Gasteiger partial charge is 0.369 e. The molecule has 0 saturated heterocycles. The number of hydrogen-bond donors (Lipinski definition) is 3. The lowest BCUT2D eigenvalue weighted by atomic mass is 9.84. The molecule has 0 radical (unpaired) electrons. The highest BCUT2D eigenvalue weighted by Crippen LogP contribution is 2.32. The van der Waals surface area contributed by atoms with Crippen LogP contribution in [0.5, 0.6) is 0 Å². The summed E-state index contributed by atoms with van der Waals surface area (Å²) in [4.78, 5) is 48.3. The maximum atomic E-state index is 13.8. The number of benzene rings is 2. The Balaban J connectivity index is 1.24. The fourth-order valence-electron chi connectivity index (χ4n) is 6.28. The van der Waals surface area contributed by atoms with Gasteiger partial charge in [0.2, 0.25) is 5.91 Å². The molecule has 10 heteroatoms. The van der Waals surface area contributed by atoms with Gasteiger partial charge >= 0.3 is 11.4 Å². The molecule has 2 aromatic heterocycles. The Morgan fingerprint density at radius 1 is 1.00 bits per heavy atom. The summed E-state index contributed by atoms with van der Waals surface area (Å²) < 4.78 is 4.02. The summed E-state index contributed by atoms with van der Waals surface area (Å²) in [5, 5.41) is 3.16. The van der Waals surface area contributed by atoms with Crippen molar-refractivity contribution in [2.24, 2.45) is 0 Å². The van der Waals surface area contributed by atoms with Crippen molar-refractivity contribution in [1.82, 2.24) is 29.2 Å². The van der Waals surface area contributed by atoms with E-state index in [4.69, 9.17) is 5.73 Å². The second-order valence-electron chi connectivity index (χ2n) is 11.2. The van der Waals surface area contributed by atoms with Crippen molar-refractivity contribution in [2.75, 3.05) is 5.73 Å². The molecular formula is C31H35N7O3. The van der Waals surface area contributed by atoms with Gasteiger partial charge in [-0.15, -0.1) is 0 Å². The van der Waals surface area contributed by atoms with Gasteiger partial charge < -0.3 is 16.0 Å². The smallest absolute Gasteiger partial charge is 0.348 e. The number of anilines is 1. The lowest BCUT2D eigenvalue weighted by Gasteiger charge is -2.30. The molecule has 1 fully saturated rings. The van der Waals surface area contributed by atoms with Gasteiger partial charge in [0.25, 0.3) is 0 Å². The molecule has 4 N–H and O–H groups in total. The average Bonchev–Trinajstić information content (AvgIpc) is 3.53. The van der Waals surface area contributed by atoms with Crippen LogP contribution in [-0.2, 0) is 17.9 Å². The molecule has 4 aromatic rings. The van der Waals surface area contributed by atoms with Gasteiger partial charge in [-0.3, -0.25) is 4.79 Å². The van der Waals surface area contributed by atoms with Crippen LogP contribution >= 0.6 is 0 Å². The highest BCUT2D eigenvalue weighted by atomic mass is 16.2. The zero-order valence-corrected chi connectivity index (χ0v) is 23.1. The number of allylic oxidation sites excluding steroid dienone is 1. The van der Waals surface area contributed by atoms with Crippen molar-refractivity contribution in [2.45, 2.75) is 69.6 Å². The Morgan fingerprint density at radius 2 is 1.63 bits per heavy atom. The van der Waals surface area contributed by atoms with Crippen LogP contribution in [0.1, 0.15) is 67.3 Å². The summed E-state index contributed by atoms with van der Waals surface area (Å²) in [5.74, 6) is 0.273. The Hall–Kier alpha value is -4.60. The summed E-state index contributed by atoms with van der Waals surface area (Å²) in [6, 6.07) is 18.9. The van der Waals surface area contributed by atoms with Crippen LogP contribution in [0.4, 0.5) is 5.95 Å². The lowest BCUT2D eigenvalue weighted by Crippen LogP contribution is -2.45. The molecule has 2 aliphatic rings. The first-order valence-corrected chi connectivity index (χ1v) is 14.2. The second kappa shape index (κ2) is 11.1. The van der Waals surface area contributed by atoms with E-state index in [-0.39, 0.29) is 31.0 Å². The number of carbonyl (C=O) groups excluding carboxylic acids is 1. The zero-order chi connectivity index (χ0) is 28.5. The number of nitrogen functional groups attached to an aromatic ring is 1. The van der Waals surface area contributed by atoms with Crippen molar-refractivity contribution in [3.05, 3.63) is 116 Å². The molecule has 1 aliphatic carbocycles. The summed E-state index contributed by atoms with van der Waals surface area (Å²) in [7, 11) is 0. The molecule has 1 unspecified atom stereocenters. The van der Waals surface area contributed by atoms with Gasteiger partial charge in [-0.1, -0.05) is 66.2 Å². The zero-order valence-electron chi connectivity index (χ0n) is 23.1. The fourth-order valence-corrected chi connectivity index (χ4v) is 6.28. The van der Waals surface area contributed by atoms with Crippen LogP contribution in [0.15, 0.2) is 88.1 Å². The Bertz CT molecular complexity index is 1630. The number of imidazole rings is 1. The van der Waals surface area contributed by atoms with E-state index in [9.17, 15) is 14.4 Å². The molecule has 6 rings (SSSR count). The topological polar surface area (TPSA) is 133 Å². The van der Waals surface area contributed by atoms with E-state index in [1.807, 2.05) is 67.6 Å². The quantitative estimate of drug-likeness (QED) is 0.302. The highest BCUT2D eigenvalue weighted by Gasteiger charge is 2.33. The molecule has 0 bridgehead atoms. The maximum absolute atomic E-state index is 13.8. The van der Waals surface area contributed by atoms with Gasteiger partial charge in [-0.25, -0.2) is 28.5 Å². The minimum atomic E-state index is -0.887. The van der Waals surface area contributed by atoms with Gasteiger partial charge in [0.05, 0.1) is 12.7 Å². The molecule has 1 aliphatic heterocycles. The number of amides is 1. The number of fused-ring (bicyclic) bond motifs is 1. The number of H-pyrrole nitrogens is 1. The number of carbonyl (C=O) groups is 1. The third kappa shape index (κ3) is 5.29. The van der Waals surface area contributed by atoms with Gasteiger partial charge in [0, 0.05) is 30.1 Å². The number of aromatic nitrogens is 5. The van der Waals surface area contributed by atoms with Crippen LogP contribution in [0.25, 0.3) is 0 Å². The van der Waals surface area contributed by atoms with Crippen LogP contribution in [0.3, 0.4) is 0 Å². The molecule has 1 saturated carbocycles. The highest BCUT2D eigenvalue weighted by molar-refractivity contribution is 5.82. The molecular weight excluding hydrogens is 518 g/mol. The molecule has 1 amide bonds. The summed E-state index contributed by atoms with van der Waals surface area (Å²) in [5.41, 5.74) is 8.77. The predicted octanol–water partition coefficient (Wildman–Crippen LogP) is 3.29. The number of hydrogen-bond acceptors (Lipinski definition) is 5. The average molecular weight is 554 g/mol. The Morgan fingerprint density at radius 3 is 2.22 bits per heavy atom. The third-order valence-corrected chi connectivity index (χ3v) is 8.41. The molecule has 212 valence electrons. The first kappa shape index (κ1) is 26.6. The van der Waals surface area contributed by atoms with Crippen molar-refractivity contribution in [1.29, 1.82) is 0 Å². The minimum absolute atomic E-state index is 0.00634. The third-order valence-electron chi connectivity index (χ3n) is 8.41. The van der Waals surface area contributed by atoms with E-state index in [0.29, 0.717) is 11.9 Å². The van der Waals surface area contributed by atoms with Crippen LogP contribution in [0, 0.1) is 0 Å². The van der Waals surface area contributed by atoms with Gasteiger partial charge in [0.15, 0.2) is 12.0 Å². The number of nitrogens with one attached hydrogen (secondary N) is 2. The maximum Gasteiger partial charge on any atom is 0.348 e. The molecule has 41 heavy (non-hydrogen) atoms. The first-order valence-electron chi connectivity index (χ1n) is 14.2. The van der Waals surface area contributed by atoms with Gasteiger partial charge in [-0.2, -0.15) is 0 Å². The first-order chi connectivity index (χ1) is 19.9. The standard InChI is InChI=1S/C31H35N7O3/c1-20-16-27(28(39)34-24-14-12-23(13-15-24)26-17-33-29(32)35-26)38-31(41)36(30(40)37(38)18-20)19-25(21-8-4-2-5-9-21)22-10-6-3-7-11-22/h2-11,16-17,23-25,27H,12-15,18-19H2,1H3,(H,34,39)(H3,32,33,35). The molecule has 0 spiro atoms. The second-order valence-corrected chi connectivity index (χ2v) is 11.2. The monoisotopic (exact) mass is 553 g/mol. The van der Waals surface area contributed by atoms with Crippen molar-refractivity contribution in [3.8, 4) is 0 Å². The van der Waals surface area contributed by atoms with Crippen molar-refractivity contribution >= 4 is 11.9 Å². The number of aromatic amines is 1. The predicted molar refractivity (Wildman–Crippen MR) is 157 cm³/mol. The van der Waals surface area contributed by atoms with Crippen molar-refractivity contribution < 1.29 is 4.79 Å².